The molecule has 1 heterocycles. The topological polar surface area (TPSA) is 49.8 Å². The normalized spacial score (nSPS) is 22.0. The van der Waals surface area contributed by atoms with Crippen LogP contribution in [0.5, 0.6) is 0 Å². The number of carboxylic acids is 1. The fourth-order valence-electron chi connectivity index (χ4n) is 2.20. The zero-order valence-electron chi connectivity index (χ0n) is 10.2. The molecule has 0 aliphatic carbocycles. The highest BCUT2D eigenvalue weighted by Crippen LogP contribution is 2.33. The monoisotopic (exact) mass is 247 g/mol. The second kappa shape index (κ2) is 5.89. The number of ether oxygens (including phenoxy) is 1. The number of carbonyl (C=O) groups is 1. The Morgan fingerprint density at radius 2 is 2.12 bits per heavy atom. The first-order valence-corrected chi connectivity index (χ1v) is 6.73. The van der Waals surface area contributed by atoms with Crippen LogP contribution in [-0.2, 0) is 9.53 Å². The minimum Gasteiger partial charge on any atom is -0.480 e. The van der Waals surface area contributed by atoms with E-state index in [0.717, 1.165) is 24.3 Å². The molecule has 1 saturated heterocycles. The molecule has 1 atom stereocenters. The molecule has 94 valence electrons. The second-order valence-corrected chi connectivity index (χ2v) is 5.59. The molecule has 1 N–H and O–H groups in total. The average Bonchev–Trinajstić information content (AvgIpc) is 2.29. The Morgan fingerprint density at radius 1 is 1.56 bits per heavy atom. The largest absolute Gasteiger partial charge is 0.480 e. The van der Waals surface area contributed by atoms with Gasteiger partial charge in [0.1, 0.15) is 5.54 Å². The predicted octanol–water partition coefficient (Wildman–Crippen LogP) is 1.30. The van der Waals surface area contributed by atoms with Gasteiger partial charge in [0.15, 0.2) is 0 Å². The lowest BCUT2D eigenvalue weighted by molar-refractivity contribution is -0.153. The number of nitrogens with zero attached hydrogens (tertiary/aromatic N) is 1. The zero-order chi connectivity index (χ0) is 12.2. The Balaban J connectivity index is 2.79. The SMILES string of the molecule is COCC(C)N(C)C1(C(=O)O)CCSCC1. The number of rotatable bonds is 5. The standard InChI is InChI=1S/C11H21NO3S/c1-9(8-15-3)12(2)11(10(13)14)4-6-16-7-5-11/h9H,4-8H2,1-3H3,(H,13,14). The summed E-state index contributed by atoms with van der Waals surface area (Å²) in [6, 6.07) is 0.129. The van der Waals surface area contributed by atoms with Crippen molar-refractivity contribution in [3.05, 3.63) is 0 Å². The van der Waals surface area contributed by atoms with Crippen LogP contribution in [0.3, 0.4) is 0 Å². The minimum atomic E-state index is -0.696. The van der Waals surface area contributed by atoms with Gasteiger partial charge in [0.2, 0.25) is 0 Å². The van der Waals surface area contributed by atoms with Gasteiger partial charge in [-0.25, -0.2) is 0 Å². The predicted molar refractivity (Wildman–Crippen MR) is 66.0 cm³/mol. The average molecular weight is 247 g/mol. The van der Waals surface area contributed by atoms with E-state index in [2.05, 4.69) is 0 Å². The van der Waals surface area contributed by atoms with Gasteiger partial charge in [-0.2, -0.15) is 11.8 Å². The molecule has 1 rings (SSSR count). The third-order valence-corrected chi connectivity index (χ3v) is 4.45. The van der Waals surface area contributed by atoms with Crippen LogP contribution in [0.25, 0.3) is 0 Å². The first-order valence-electron chi connectivity index (χ1n) is 5.57. The van der Waals surface area contributed by atoms with Crippen molar-refractivity contribution in [1.29, 1.82) is 0 Å². The Kier molecular flexibility index (Phi) is 5.08. The van der Waals surface area contributed by atoms with Gasteiger partial charge in [0.05, 0.1) is 6.61 Å². The number of carboxylic acid groups (broad SMARTS) is 1. The summed E-state index contributed by atoms with van der Waals surface area (Å²) in [5.74, 6) is 1.16. The summed E-state index contributed by atoms with van der Waals surface area (Å²) in [6.45, 7) is 2.58. The lowest BCUT2D eigenvalue weighted by atomic mass is 9.89. The molecule has 5 heteroatoms. The highest BCUT2D eigenvalue weighted by Gasteiger charge is 2.45. The van der Waals surface area contributed by atoms with Crippen molar-refractivity contribution in [2.24, 2.45) is 0 Å². The fraction of sp³-hybridized carbons (Fsp3) is 0.909. The quantitative estimate of drug-likeness (QED) is 0.793. The van der Waals surface area contributed by atoms with Gasteiger partial charge in [-0.1, -0.05) is 0 Å². The molecule has 1 fully saturated rings. The van der Waals surface area contributed by atoms with Crippen molar-refractivity contribution < 1.29 is 14.6 Å². The number of aliphatic carboxylic acids is 1. The molecule has 0 amide bonds. The van der Waals surface area contributed by atoms with E-state index in [1.807, 2.05) is 30.6 Å². The Hall–Kier alpha value is -0.260. The molecular weight excluding hydrogens is 226 g/mol. The van der Waals surface area contributed by atoms with Crippen LogP contribution in [-0.4, -0.2) is 59.8 Å². The zero-order valence-corrected chi connectivity index (χ0v) is 11.0. The van der Waals surface area contributed by atoms with E-state index < -0.39 is 11.5 Å². The van der Waals surface area contributed by atoms with Crippen molar-refractivity contribution in [2.75, 3.05) is 32.3 Å². The molecule has 16 heavy (non-hydrogen) atoms. The Morgan fingerprint density at radius 3 is 2.56 bits per heavy atom. The molecule has 0 aromatic heterocycles. The molecule has 1 aliphatic rings. The van der Waals surface area contributed by atoms with Crippen molar-refractivity contribution in [2.45, 2.75) is 31.3 Å². The molecular formula is C11H21NO3S. The molecule has 4 nitrogen and oxygen atoms in total. The summed E-state index contributed by atoms with van der Waals surface area (Å²) in [5.41, 5.74) is -0.691. The van der Waals surface area contributed by atoms with E-state index in [-0.39, 0.29) is 6.04 Å². The van der Waals surface area contributed by atoms with Crippen molar-refractivity contribution >= 4 is 17.7 Å². The highest BCUT2D eigenvalue weighted by molar-refractivity contribution is 7.99. The lowest BCUT2D eigenvalue weighted by Crippen LogP contribution is -2.58. The van der Waals surface area contributed by atoms with E-state index >= 15 is 0 Å². The molecule has 0 radical (unpaired) electrons. The number of likely N-dealkylation sites (N-methyl/N-ethyl adjacent to an activating group) is 1. The lowest BCUT2D eigenvalue weighted by Gasteiger charge is -2.43. The summed E-state index contributed by atoms with van der Waals surface area (Å²) >= 11 is 1.84. The van der Waals surface area contributed by atoms with Gasteiger partial charge in [-0.05, 0) is 38.3 Å². The summed E-state index contributed by atoms with van der Waals surface area (Å²) in [7, 11) is 3.54. The van der Waals surface area contributed by atoms with E-state index in [0.29, 0.717) is 6.61 Å². The van der Waals surface area contributed by atoms with Gasteiger partial charge in [-0.15, -0.1) is 0 Å². The van der Waals surface area contributed by atoms with E-state index in [1.165, 1.54) is 0 Å². The number of thioether (sulfide) groups is 1. The molecule has 0 aromatic rings. The molecule has 0 saturated carbocycles. The number of hydrogen-bond acceptors (Lipinski definition) is 4. The van der Waals surface area contributed by atoms with Crippen LogP contribution in [0, 0.1) is 0 Å². The van der Waals surface area contributed by atoms with Crippen molar-refractivity contribution in [3.8, 4) is 0 Å². The molecule has 1 aliphatic heterocycles. The molecule has 1 unspecified atom stereocenters. The second-order valence-electron chi connectivity index (χ2n) is 4.36. The maximum absolute atomic E-state index is 11.5. The van der Waals surface area contributed by atoms with Crippen LogP contribution < -0.4 is 0 Å². The third-order valence-electron chi connectivity index (χ3n) is 3.46. The van der Waals surface area contributed by atoms with Crippen molar-refractivity contribution in [1.82, 2.24) is 4.90 Å². The van der Waals surface area contributed by atoms with Crippen molar-refractivity contribution in [3.63, 3.8) is 0 Å². The van der Waals surface area contributed by atoms with E-state index in [9.17, 15) is 9.90 Å². The minimum absolute atomic E-state index is 0.129. The van der Waals surface area contributed by atoms with Crippen LogP contribution in [0.2, 0.25) is 0 Å². The van der Waals surface area contributed by atoms with Crippen LogP contribution in [0.15, 0.2) is 0 Å². The Labute approximate surface area is 101 Å². The molecule has 0 aromatic carbocycles. The van der Waals surface area contributed by atoms with Gasteiger partial charge < -0.3 is 9.84 Å². The smallest absolute Gasteiger partial charge is 0.324 e. The van der Waals surface area contributed by atoms with Crippen LogP contribution in [0.1, 0.15) is 19.8 Å². The van der Waals surface area contributed by atoms with Gasteiger partial charge in [-0.3, -0.25) is 9.69 Å². The summed E-state index contributed by atoms with van der Waals surface area (Å²) in [5, 5.41) is 9.48. The van der Waals surface area contributed by atoms with E-state index in [1.54, 1.807) is 7.11 Å². The molecule has 0 bridgehead atoms. The maximum atomic E-state index is 11.5. The third kappa shape index (κ3) is 2.70. The maximum Gasteiger partial charge on any atom is 0.324 e. The summed E-state index contributed by atoms with van der Waals surface area (Å²) in [4.78, 5) is 13.5. The van der Waals surface area contributed by atoms with Gasteiger partial charge in [0.25, 0.3) is 0 Å². The summed E-state index contributed by atoms with van der Waals surface area (Å²) in [6.07, 6.45) is 1.44. The first kappa shape index (κ1) is 13.8. The van der Waals surface area contributed by atoms with Crippen LogP contribution in [0.4, 0.5) is 0 Å². The fourth-order valence-corrected chi connectivity index (χ4v) is 3.37. The number of hydrogen-bond donors (Lipinski definition) is 1. The number of methoxy groups -OCH3 is 1. The van der Waals surface area contributed by atoms with Gasteiger partial charge in [0, 0.05) is 13.2 Å². The van der Waals surface area contributed by atoms with E-state index in [4.69, 9.17) is 4.74 Å². The van der Waals surface area contributed by atoms with Crippen LogP contribution >= 0.6 is 11.8 Å². The Bertz CT molecular complexity index is 241. The summed E-state index contributed by atoms with van der Waals surface area (Å²) < 4.78 is 5.10. The first-order chi connectivity index (χ1) is 7.54. The highest BCUT2D eigenvalue weighted by atomic mass is 32.2. The molecule has 0 spiro atoms. The van der Waals surface area contributed by atoms with Gasteiger partial charge >= 0.3 is 5.97 Å².